The Labute approximate surface area is 172 Å². The van der Waals surface area contributed by atoms with Gasteiger partial charge in [0.25, 0.3) is 5.91 Å². The number of halogens is 2. The lowest BCUT2D eigenvalue weighted by molar-refractivity contribution is -0.118. The molecule has 0 spiro atoms. The van der Waals surface area contributed by atoms with Crippen molar-refractivity contribution in [3.8, 4) is 11.6 Å². The number of carbonyl (C=O) groups excluding carboxylic acids is 1. The lowest BCUT2D eigenvalue weighted by atomic mass is 10.2. The van der Waals surface area contributed by atoms with Crippen molar-refractivity contribution in [3.05, 3.63) is 64.9 Å². The van der Waals surface area contributed by atoms with E-state index in [1.54, 1.807) is 18.2 Å². The van der Waals surface area contributed by atoms with Gasteiger partial charge in [0.05, 0.1) is 22.3 Å². The maximum absolute atomic E-state index is 12.4. The van der Waals surface area contributed by atoms with Crippen LogP contribution in [0, 0.1) is 0 Å². The second-order valence-corrected chi connectivity index (χ2v) is 7.03. The summed E-state index contributed by atoms with van der Waals surface area (Å²) in [7, 11) is 0. The first-order chi connectivity index (χ1) is 13.6. The molecule has 0 aliphatic carbocycles. The Morgan fingerprint density at radius 1 is 1.18 bits per heavy atom. The van der Waals surface area contributed by atoms with Gasteiger partial charge in [-0.1, -0.05) is 27.5 Å². The molecule has 0 unspecified atom stereocenters. The number of fused-ring (bicyclic) bond motifs is 1. The van der Waals surface area contributed by atoms with Crippen LogP contribution in [0.25, 0.3) is 16.6 Å². The van der Waals surface area contributed by atoms with E-state index in [1.165, 1.54) is 23.7 Å². The van der Waals surface area contributed by atoms with Crippen molar-refractivity contribution in [2.75, 3.05) is 11.9 Å². The fraction of sp³-hybridized carbons (Fsp3) is 0.0556. The molecule has 8 nitrogen and oxygen atoms in total. The van der Waals surface area contributed by atoms with Gasteiger partial charge in [-0.15, -0.1) is 0 Å². The van der Waals surface area contributed by atoms with Crippen molar-refractivity contribution in [2.24, 2.45) is 0 Å². The highest BCUT2D eigenvalue weighted by Crippen LogP contribution is 2.26. The summed E-state index contributed by atoms with van der Waals surface area (Å²) in [6, 6.07) is 10.6. The third kappa shape index (κ3) is 3.95. The molecule has 28 heavy (non-hydrogen) atoms. The maximum atomic E-state index is 12.4. The van der Waals surface area contributed by atoms with E-state index >= 15 is 0 Å². The van der Waals surface area contributed by atoms with E-state index in [0.29, 0.717) is 27.7 Å². The van der Waals surface area contributed by atoms with Crippen LogP contribution in [-0.2, 0) is 4.79 Å². The van der Waals surface area contributed by atoms with Gasteiger partial charge in [-0.05, 0) is 36.4 Å². The zero-order valence-corrected chi connectivity index (χ0v) is 16.6. The summed E-state index contributed by atoms with van der Waals surface area (Å²) in [4.78, 5) is 24.7. The molecule has 0 aliphatic heterocycles. The minimum atomic E-state index is -0.370. The van der Waals surface area contributed by atoms with Crippen LogP contribution in [0.3, 0.4) is 0 Å². The fourth-order valence-corrected chi connectivity index (χ4v) is 3.11. The zero-order chi connectivity index (χ0) is 19.5. The third-order valence-electron chi connectivity index (χ3n) is 3.80. The first kappa shape index (κ1) is 18.3. The first-order valence-electron chi connectivity index (χ1n) is 8.07. The van der Waals surface area contributed by atoms with Gasteiger partial charge in [0, 0.05) is 9.50 Å². The standard InChI is InChI=1S/C18H12BrClN6O2/c19-11-1-3-14-13(5-11)18(23-9-22-14)28-7-17(27)25-15-6-12(20)2-4-16(15)26-10-21-8-24-26/h1-6,8-10H,7H2,(H,25,27). The second kappa shape index (κ2) is 7.91. The number of carbonyl (C=O) groups is 1. The van der Waals surface area contributed by atoms with Gasteiger partial charge in [0.1, 0.15) is 19.0 Å². The SMILES string of the molecule is O=C(COc1ncnc2ccc(Br)cc12)Nc1cc(Cl)ccc1-n1cncn1. The van der Waals surface area contributed by atoms with Crippen molar-refractivity contribution in [3.63, 3.8) is 0 Å². The van der Waals surface area contributed by atoms with E-state index in [2.05, 4.69) is 41.3 Å². The lowest BCUT2D eigenvalue weighted by Gasteiger charge is -2.12. The molecular weight excluding hydrogens is 448 g/mol. The number of nitrogens with zero attached hydrogens (tertiary/aromatic N) is 5. The highest BCUT2D eigenvalue weighted by atomic mass is 79.9. The Bertz CT molecular complexity index is 1150. The van der Waals surface area contributed by atoms with Crippen molar-refractivity contribution in [1.29, 1.82) is 0 Å². The van der Waals surface area contributed by atoms with Crippen LogP contribution in [-0.4, -0.2) is 37.2 Å². The van der Waals surface area contributed by atoms with Crippen molar-refractivity contribution in [1.82, 2.24) is 24.7 Å². The van der Waals surface area contributed by atoms with E-state index < -0.39 is 0 Å². The summed E-state index contributed by atoms with van der Waals surface area (Å²) in [5.74, 6) is -0.0468. The number of anilines is 1. The van der Waals surface area contributed by atoms with Crippen molar-refractivity contribution < 1.29 is 9.53 Å². The predicted octanol–water partition coefficient (Wildman–Crippen LogP) is 3.64. The second-order valence-electron chi connectivity index (χ2n) is 5.68. The smallest absolute Gasteiger partial charge is 0.262 e. The van der Waals surface area contributed by atoms with Crippen LogP contribution in [0.15, 0.2) is 59.9 Å². The molecule has 0 saturated carbocycles. The number of rotatable bonds is 5. The van der Waals surface area contributed by atoms with Crippen LogP contribution in [0.4, 0.5) is 5.69 Å². The number of aromatic nitrogens is 5. The molecule has 0 radical (unpaired) electrons. The molecule has 0 aliphatic rings. The van der Waals surface area contributed by atoms with Crippen LogP contribution >= 0.6 is 27.5 Å². The normalized spacial score (nSPS) is 10.8. The Hall–Kier alpha value is -3.04. The molecule has 2 aromatic heterocycles. The molecule has 1 N–H and O–H groups in total. The van der Waals surface area contributed by atoms with E-state index in [0.717, 1.165) is 9.99 Å². The minimum Gasteiger partial charge on any atom is -0.467 e. The number of benzene rings is 2. The molecule has 140 valence electrons. The average molecular weight is 460 g/mol. The molecule has 10 heteroatoms. The molecule has 4 rings (SSSR count). The van der Waals surface area contributed by atoms with E-state index in [9.17, 15) is 4.79 Å². The third-order valence-corrected chi connectivity index (χ3v) is 4.53. The summed E-state index contributed by atoms with van der Waals surface area (Å²) in [5.41, 5.74) is 1.84. The van der Waals surface area contributed by atoms with E-state index in [1.807, 2.05) is 18.2 Å². The van der Waals surface area contributed by atoms with E-state index in [-0.39, 0.29) is 12.5 Å². The summed E-state index contributed by atoms with van der Waals surface area (Å²) >= 11 is 9.47. The molecule has 2 aromatic carbocycles. The molecule has 0 fully saturated rings. The van der Waals surface area contributed by atoms with Gasteiger partial charge in [-0.3, -0.25) is 4.79 Å². The monoisotopic (exact) mass is 458 g/mol. The number of hydrogen-bond donors (Lipinski definition) is 1. The fourth-order valence-electron chi connectivity index (χ4n) is 2.58. The molecule has 1 amide bonds. The summed E-state index contributed by atoms with van der Waals surface area (Å²) in [6.07, 6.45) is 4.32. The highest BCUT2D eigenvalue weighted by molar-refractivity contribution is 9.10. The Kier molecular flexibility index (Phi) is 5.18. The highest BCUT2D eigenvalue weighted by Gasteiger charge is 2.12. The topological polar surface area (TPSA) is 94.8 Å². The number of ether oxygens (including phenoxy) is 1. The minimum absolute atomic E-state index is 0.234. The number of hydrogen-bond acceptors (Lipinski definition) is 6. The Morgan fingerprint density at radius 2 is 2.07 bits per heavy atom. The van der Waals surface area contributed by atoms with Crippen LogP contribution < -0.4 is 10.1 Å². The quantitative estimate of drug-likeness (QED) is 0.489. The van der Waals surface area contributed by atoms with Crippen LogP contribution in [0.5, 0.6) is 5.88 Å². The average Bonchev–Trinajstić information content (AvgIpc) is 3.21. The predicted molar refractivity (Wildman–Crippen MR) is 108 cm³/mol. The summed E-state index contributed by atoms with van der Waals surface area (Å²) in [6.45, 7) is -0.234. The molecule has 0 bridgehead atoms. The molecule has 2 heterocycles. The molecular formula is C18H12BrClN6O2. The maximum Gasteiger partial charge on any atom is 0.262 e. The number of amides is 1. The van der Waals surface area contributed by atoms with Crippen LogP contribution in [0.1, 0.15) is 0 Å². The molecule has 0 saturated heterocycles. The largest absolute Gasteiger partial charge is 0.467 e. The zero-order valence-electron chi connectivity index (χ0n) is 14.2. The van der Waals surface area contributed by atoms with Crippen molar-refractivity contribution in [2.45, 2.75) is 0 Å². The van der Waals surface area contributed by atoms with E-state index in [4.69, 9.17) is 16.3 Å². The number of nitrogens with one attached hydrogen (secondary N) is 1. The molecule has 4 aromatic rings. The Morgan fingerprint density at radius 3 is 2.89 bits per heavy atom. The summed E-state index contributed by atoms with van der Waals surface area (Å²) in [5, 5.41) is 8.04. The Balaban J connectivity index is 1.52. The van der Waals surface area contributed by atoms with Gasteiger partial charge in [0.15, 0.2) is 6.61 Å². The van der Waals surface area contributed by atoms with Gasteiger partial charge in [-0.25, -0.2) is 19.6 Å². The van der Waals surface area contributed by atoms with Gasteiger partial charge in [0.2, 0.25) is 5.88 Å². The summed E-state index contributed by atoms with van der Waals surface area (Å²) < 4.78 is 8.01. The lowest BCUT2D eigenvalue weighted by Crippen LogP contribution is -2.21. The van der Waals surface area contributed by atoms with Gasteiger partial charge in [-0.2, -0.15) is 5.10 Å². The van der Waals surface area contributed by atoms with Gasteiger partial charge >= 0.3 is 0 Å². The van der Waals surface area contributed by atoms with Crippen molar-refractivity contribution >= 4 is 50.0 Å². The first-order valence-corrected chi connectivity index (χ1v) is 9.25. The molecule has 0 atom stereocenters. The van der Waals surface area contributed by atoms with Crippen LogP contribution in [0.2, 0.25) is 5.02 Å². The van der Waals surface area contributed by atoms with Gasteiger partial charge < -0.3 is 10.1 Å².